The summed E-state index contributed by atoms with van der Waals surface area (Å²) < 4.78 is 0. The van der Waals surface area contributed by atoms with Crippen molar-refractivity contribution < 1.29 is 47.9 Å². The van der Waals surface area contributed by atoms with Crippen molar-refractivity contribution in [3.8, 4) is 0 Å². The van der Waals surface area contributed by atoms with Crippen molar-refractivity contribution in [2.75, 3.05) is 19.6 Å². The average molecular weight is 1040 g/mol. The van der Waals surface area contributed by atoms with Gasteiger partial charge < -0.3 is 81.9 Å². The summed E-state index contributed by atoms with van der Waals surface area (Å²) in [5, 5.41) is 21.5. The van der Waals surface area contributed by atoms with E-state index in [0.717, 1.165) is 10.9 Å². The van der Waals surface area contributed by atoms with Gasteiger partial charge in [0.1, 0.15) is 42.3 Å². The maximum absolute atomic E-state index is 14.6. The number of aliphatic imine (C=N–C) groups is 2. The fraction of sp³-hybridized carbons (Fsp3) is 0.458. The van der Waals surface area contributed by atoms with Gasteiger partial charge in [-0.2, -0.15) is 0 Å². The van der Waals surface area contributed by atoms with Crippen LogP contribution in [0.3, 0.4) is 0 Å². The van der Waals surface area contributed by atoms with Crippen molar-refractivity contribution in [2.24, 2.45) is 44.4 Å². The molecule has 0 radical (unpaired) electrons. The molecule has 10 amide bonds. The average Bonchev–Trinajstić information content (AvgIpc) is 3.76. The molecule has 1 aliphatic rings. The molecule has 1 saturated heterocycles. The molecule has 7 atom stereocenters. The Kier molecular flexibility index (Phi) is 23.3. The van der Waals surface area contributed by atoms with Crippen LogP contribution in [0.15, 0.2) is 70.8 Å². The van der Waals surface area contributed by atoms with E-state index in [1.807, 2.05) is 6.07 Å². The van der Waals surface area contributed by atoms with Crippen molar-refractivity contribution in [1.82, 2.24) is 47.5 Å². The minimum absolute atomic E-state index is 0.0164. The van der Waals surface area contributed by atoms with Gasteiger partial charge in [-0.3, -0.25) is 57.9 Å². The van der Waals surface area contributed by atoms with Crippen LogP contribution in [-0.2, 0) is 60.8 Å². The fourth-order valence-corrected chi connectivity index (χ4v) is 8.08. The molecule has 21 N–H and O–H groups in total. The monoisotopic (exact) mass is 1040 g/mol. The van der Waals surface area contributed by atoms with Gasteiger partial charge in [0.25, 0.3) is 0 Å². The molecule has 1 aromatic heterocycles. The predicted molar refractivity (Wildman–Crippen MR) is 276 cm³/mol. The molecule has 27 heteroatoms. The minimum Gasteiger partial charge on any atom is -0.370 e. The van der Waals surface area contributed by atoms with E-state index in [4.69, 9.17) is 34.4 Å². The van der Waals surface area contributed by atoms with E-state index in [9.17, 15) is 47.9 Å². The van der Waals surface area contributed by atoms with Gasteiger partial charge in [0.2, 0.25) is 59.1 Å². The Hall–Kier alpha value is -8.78. The van der Waals surface area contributed by atoms with Crippen LogP contribution in [-0.4, -0.2) is 138 Å². The summed E-state index contributed by atoms with van der Waals surface area (Å²) in [5.74, 6) is -9.09. The molecule has 2 aromatic carbocycles. The molecule has 27 nitrogen and oxygen atoms in total. The van der Waals surface area contributed by atoms with Crippen molar-refractivity contribution in [3.05, 3.63) is 71.9 Å². The third kappa shape index (κ3) is 20.3. The highest BCUT2D eigenvalue weighted by atomic mass is 16.2. The minimum atomic E-state index is -1.74. The number of H-pyrrole nitrogens is 1. The fourth-order valence-electron chi connectivity index (χ4n) is 8.08. The Morgan fingerprint density at radius 3 is 1.92 bits per heavy atom. The van der Waals surface area contributed by atoms with Crippen molar-refractivity contribution in [1.29, 1.82) is 0 Å². The van der Waals surface area contributed by atoms with E-state index in [1.54, 1.807) is 54.7 Å². The van der Waals surface area contributed by atoms with Gasteiger partial charge in [-0.05, 0) is 62.1 Å². The molecule has 0 spiro atoms. The number of fused-ring (bicyclic) bond motifs is 1. The Bertz CT molecular complexity index is 2560. The van der Waals surface area contributed by atoms with Crippen LogP contribution in [0.1, 0.15) is 75.8 Å². The summed E-state index contributed by atoms with van der Waals surface area (Å²) in [6, 6.07) is 5.48. The maximum Gasteiger partial charge on any atom is 0.243 e. The predicted octanol–water partition coefficient (Wildman–Crippen LogP) is -4.48. The molecular formula is C48H69N17O10. The number of nitrogens with one attached hydrogen (secondary N) is 9. The van der Waals surface area contributed by atoms with Gasteiger partial charge in [0.15, 0.2) is 11.9 Å². The van der Waals surface area contributed by atoms with Crippen LogP contribution in [0.2, 0.25) is 0 Å². The van der Waals surface area contributed by atoms with Gasteiger partial charge in [-0.1, -0.05) is 48.5 Å². The summed E-state index contributed by atoms with van der Waals surface area (Å²) in [5.41, 5.74) is 35.1. The summed E-state index contributed by atoms with van der Waals surface area (Å²) in [6.07, 6.45) is 0.0408. The Balaban J connectivity index is 1.77. The topological polar surface area (TPSA) is 464 Å². The van der Waals surface area contributed by atoms with Crippen molar-refractivity contribution in [2.45, 2.75) is 120 Å². The van der Waals surface area contributed by atoms with Gasteiger partial charge in [0.05, 0.1) is 6.42 Å². The highest BCUT2D eigenvalue weighted by Gasteiger charge is 2.35. The second-order valence-corrected chi connectivity index (χ2v) is 17.9. The Labute approximate surface area is 432 Å². The van der Waals surface area contributed by atoms with Crippen LogP contribution in [0.25, 0.3) is 10.9 Å². The quantitative estimate of drug-likeness (QED) is 0.0325. The molecule has 2 heterocycles. The first kappa shape index (κ1) is 58.8. The van der Waals surface area contributed by atoms with Crippen LogP contribution in [0, 0.1) is 0 Å². The van der Waals surface area contributed by atoms with Gasteiger partial charge in [-0.25, -0.2) is 0 Å². The number of amides is 10. The lowest BCUT2D eigenvalue weighted by Crippen LogP contribution is -2.60. The zero-order valence-corrected chi connectivity index (χ0v) is 41.7. The lowest BCUT2D eigenvalue weighted by atomic mass is 10.0. The zero-order chi connectivity index (χ0) is 55.0. The molecule has 406 valence electrons. The van der Waals surface area contributed by atoms with Crippen LogP contribution >= 0.6 is 0 Å². The third-order valence-corrected chi connectivity index (χ3v) is 11.8. The summed E-state index contributed by atoms with van der Waals surface area (Å²) >= 11 is 0. The third-order valence-electron chi connectivity index (χ3n) is 11.8. The number of hydrogen-bond donors (Lipinski definition) is 15. The number of nitrogens with two attached hydrogens (primary N) is 6. The summed E-state index contributed by atoms with van der Waals surface area (Å²) in [4.78, 5) is 147. The number of guanidine groups is 2. The van der Waals surface area contributed by atoms with Gasteiger partial charge in [-0.15, -0.1) is 0 Å². The first-order chi connectivity index (χ1) is 35.7. The van der Waals surface area contributed by atoms with E-state index >= 15 is 0 Å². The first-order valence-corrected chi connectivity index (χ1v) is 24.3. The lowest BCUT2D eigenvalue weighted by Gasteiger charge is -2.28. The molecule has 3 aromatic rings. The molecule has 0 bridgehead atoms. The number of aromatic amines is 1. The number of hydrogen-bond acceptors (Lipinski definition) is 12. The standard InChI is InChI=1S/C48H69N17O10/c1-26(66)59-32(14-8-20-56-47(51)52)41(70)61-33-15-7-19-55-39(68)18-17-31(40(50)69)60-45(74)36(23-28-25-58-30-13-6-5-12-29(28)30)64-42(71)34(16-9-21-57-48(53)54)62-44(73)35(22-27-10-3-2-4-11-27)63-46(75)37(24-38(49)67)65-43(33)72/h2-6,10-13,25,31-37,58H,7-9,14-24H2,1H3,(H2,49,67)(H2,50,69)(H,55,68)(H,59,66)(H,60,74)(H,61,70)(H,62,73)(H,63,75)(H,64,71)(H,65,72)(H4,51,52,56)(H4,53,54,57)/t31-,32-,33-,34?,35+,36-,37-/m0/s1. The number of para-hydroxylation sites is 1. The zero-order valence-electron chi connectivity index (χ0n) is 41.7. The van der Waals surface area contributed by atoms with Crippen LogP contribution < -0.4 is 76.9 Å². The molecule has 4 rings (SSSR count). The number of benzene rings is 2. The molecule has 1 fully saturated rings. The maximum atomic E-state index is 14.6. The summed E-state index contributed by atoms with van der Waals surface area (Å²) in [7, 11) is 0. The number of nitrogens with zero attached hydrogens (tertiary/aromatic N) is 2. The van der Waals surface area contributed by atoms with Crippen molar-refractivity contribution in [3.63, 3.8) is 0 Å². The Morgan fingerprint density at radius 2 is 1.27 bits per heavy atom. The van der Waals surface area contributed by atoms with Crippen molar-refractivity contribution >= 4 is 81.9 Å². The molecule has 75 heavy (non-hydrogen) atoms. The molecular weight excluding hydrogens is 975 g/mol. The highest BCUT2D eigenvalue weighted by Crippen LogP contribution is 2.20. The largest absolute Gasteiger partial charge is 0.370 e. The first-order valence-electron chi connectivity index (χ1n) is 24.3. The Morgan fingerprint density at radius 1 is 0.680 bits per heavy atom. The second-order valence-electron chi connectivity index (χ2n) is 17.9. The van der Waals surface area contributed by atoms with E-state index in [1.165, 1.54) is 6.92 Å². The van der Waals surface area contributed by atoms with E-state index in [-0.39, 0.29) is 95.8 Å². The second kappa shape index (κ2) is 29.7. The SMILES string of the molecule is CC(=O)N[C@@H](CCCN=C(N)N)C(=O)N[C@H]1CCCNC(=O)CC[C@@H](C(N)=O)NC(=O)[C@H](Cc2c[nH]c3ccccc23)NC(=O)C(CCCN=C(N)N)NC(=O)[C@@H](Cc2ccccc2)NC(=O)[C@H](CC(N)=O)NC1=O. The van der Waals surface area contributed by atoms with Crippen LogP contribution in [0.4, 0.5) is 0 Å². The van der Waals surface area contributed by atoms with Crippen LogP contribution in [0.5, 0.6) is 0 Å². The number of aromatic nitrogens is 1. The number of primary amides is 2. The number of rotatable bonds is 18. The molecule has 1 aliphatic heterocycles. The lowest BCUT2D eigenvalue weighted by molar-refractivity contribution is -0.136. The number of carbonyl (C=O) groups is 10. The molecule has 1 unspecified atom stereocenters. The van der Waals surface area contributed by atoms with E-state index in [2.05, 4.69) is 57.5 Å². The van der Waals surface area contributed by atoms with Gasteiger partial charge in [0, 0.05) is 62.9 Å². The van der Waals surface area contributed by atoms with E-state index < -0.39 is 108 Å². The van der Waals surface area contributed by atoms with Gasteiger partial charge >= 0.3 is 0 Å². The normalized spacial score (nSPS) is 21.0. The highest BCUT2D eigenvalue weighted by molar-refractivity contribution is 5.99. The van der Waals surface area contributed by atoms with E-state index in [0.29, 0.717) is 11.1 Å². The molecule has 0 aliphatic carbocycles. The molecule has 0 saturated carbocycles. The smallest absolute Gasteiger partial charge is 0.243 e. The summed E-state index contributed by atoms with van der Waals surface area (Å²) in [6.45, 7) is 1.21. The number of carbonyl (C=O) groups excluding carboxylic acids is 10.